The second kappa shape index (κ2) is 6.31. The van der Waals surface area contributed by atoms with E-state index in [9.17, 15) is 14.0 Å². The standard InChI is InChI=1S/C13H17FN4O2/c1-2-15-11-10(14)8(5-7-16-11)12(19)18-9-4-3-6-17-13(9)20/h5,7,9H,2-4,6H2,1H3,(H,15,16)(H,17,20)(H,18,19). The molecule has 7 heteroatoms. The van der Waals surface area contributed by atoms with Gasteiger partial charge in [-0.25, -0.2) is 9.37 Å². The van der Waals surface area contributed by atoms with Crippen LogP contribution in [0.5, 0.6) is 0 Å². The van der Waals surface area contributed by atoms with Gasteiger partial charge in [-0.1, -0.05) is 0 Å². The fourth-order valence-electron chi connectivity index (χ4n) is 2.06. The third-order valence-electron chi connectivity index (χ3n) is 3.07. The van der Waals surface area contributed by atoms with Crippen LogP contribution in [0.25, 0.3) is 0 Å². The zero-order valence-electron chi connectivity index (χ0n) is 11.2. The number of nitrogens with zero attached hydrogens (tertiary/aromatic N) is 1. The van der Waals surface area contributed by atoms with Gasteiger partial charge >= 0.3 is 0 Å². The first-order valence-electron chi connectivity index (χ1n) is 6.60. The summed E-state index contributed by atoms with van der Waals surface area (Å²) in [5.74, 6) is -1.51. The molecular weight excluding hydrogens is 263 g/mol. The zero-order valence-corrected chi connectivity index (χ0v) is 11.2. The molecule has 1 unspecified atom stereocenters. The van der Waals surface area contributed by atoms with Crippen molar-refractivity contribution in [2.45, 2.75) is 25.8 Å². The van der Waals surface area contributed by atoms with Crippen molar-refractivity contribution in [1.29, 1.82) is 0 Å². The lowest BCUT2D eigenvalue weighted by Crippen LogP contribution is -2.50. The van der Waals surface area contributed by atoms with Crippen molar-refractivity contribution in [2.24, 2.45) is 0 Å². The lowest BCUT2D eigenvalue weighted by Gasteiger charge is -2.22. The summed E-state index contributed by atoms with van der Waals surface area (Å²) in [4.78, 5) is 27.4. The van der Waals surface area contributed by atoms with Crippen LogP contribution in [0.2, 0.25) is 0 Å². The van der Waals surface area contributed by atoms with Gasteiger partial charge in [0.25, 0.3) is 5.91 Å². The monoisotopic (exact) mass is 280 g/mol. The van der Waals surface area contributed by atoms with Gasteiger partial charge in [-0.2, -0.15) is 0 Å². The Morgan fingerprint density at radius 1 is 1.60 bits per heavy atom. The van der Waals surface area contributed by atoms with Crippen molar-refractivity contribution in [3.05, 3.63) is 23.6 Å². The average molecular weight is 280 g/mol. The number of piperidine rings is 1. The Hall–Kier alpha value is -2.18. The van der Waals surface area contributed by atoms with E-state index >= 15 is 0 Å². The molecule has 1 fully saturated rings. The highest BCUT2D eigenvalue weighted by Crippen LogP contribution is 2.15. The molecule has 1 aromatic rings. The summed E-state index contributed by atoms with van der Waals surface area (Å²) in [6.07, 6.45) is 2.71. The highest BCUT2D eigenvalue weighted by atomic mass is 19.1. The second-order valence-electron chi connectivity index (χ2n) is 4.51. The molecule has 2 rings (SSSR count). The molecule has 0 spiro atoms. The molecular formula is C13H17FN4O2. The van der Waals surface area contributed by atoms with Crippen LogP contribution in [0.3, 0.4) is 0 Å². The Labute approximate surface area is 116 Å². The summed E-state index contributed by atoms with van der Waals surface area (Å²) in [5, 5.41) is 7.95. The van der Waals surface area contributed by atoms with Gasteiger partial charge in [-0.15, -0.1) is 0 Å². The molecule has 20 heavy (non-hydrogen) atoms. The molecule has 1 saturated heterocycles. The number of carbonyl (C=O) groups excluding carboxylic acids is 2. The first kappa shape index (κ1) is 14.2. The molecule has 1 aliphatic rings. The van der Waals surface area contributed by atoms with Gasteiger partial charge in [0, 0.05) is 19.3 Å². The molecule has 1 atom stereocenters. The number of pyridine rings is 1. The smallest absolute Gasteiger partial charge is 0.255 e. The van der Waals surface area contributed by atoms with E-state index in [0.717, 1.165) is 6.42 Å². The highest BCUT2D eigenvalue weighted by molar-refractivity contribution is 5.98. The summed E-state index contributed by atoms with van der Waals surface area (Å²) in [7, 11) is 0. The summed E-state index contributed by atoms with van der Waals surface area (Å²) in [5.41, 5.74) is -0.116. The maximum atomic E-state index is 14.1. The van der Waals surface area contributed by atoms with Crippen LogP contribution in [0.4, 0.5) is 10.2 Å². The van der Waals surface area contributed by atoms with Gasteiger partial charge in [-0.3, -0.25) is 9.59 Å². The molecule has 3 N–H and O–H groups in total. The van der Waals surface area contributed by atoms with Gasteiger partial charge in [0.2, 0.25) is 5.91 Å². The van der Waals surface area contributed by atoms with E-state index in [0.29, 0.717) is 19.5 Å². The summed E-state index contributed by atoms with van der Waals surface area (Å²) >= 11 is 0. The third-order valence-corrected chi connectivity index (χ3v) is 3.07. The first-order valence-corrected chi connectivity index (χ1v) is 6.60. The number of rotatable bonds is 4. The minimum Gasteiger partial charge on any atom is -0.368 e. The Morgan fingerprint density at radius 2 is 2.40 bits per heavy atom. The van der Waals surface area contributed by atoms with Crippen molar-refractivity contribution in [3.63, 3.8) is 0 Å². The van der Waals surface area contributed by atoms with E-state index in [1.54, 1.807) is 6.92 Å². The van der Waals surface area contributed by atoms with Gasteiger partial charge in [0.05, 0.1) is 5.56 Å². The van der Waals surface area contributed by atoms with Crippen LogP contribution >= 0.6 is 0 Å². The number of halogens is 1. The molecule has 0 aromatic carbocycles. The number of amides is 2. The molecule has 6 nitrogen and oxygen atoms in total. The van der Waals surface area contributed by atoms with Crippen LogP contribution in [-0.2, 0) is 4.79 Å². The number of anilines is 1. The third kappa shape index (κ3) is 3.04. The summed E-state index contributed by atoms with van der Waals surface area (Å²) < 4.78 is 14.1. The Bertz CT molecular complexity index is 521. The number of hydrogen-bond donors (Lipinski definition) is 3. The fourth-order valence-corrected chi connectivity index (χ4v) is 2.06. The number of carbonyl (C=O) groups is 2. The lowest BCUT2D eigenvalue weighted by atomic mass is 10.1. The minimum absolute atomic E-state index is 0.0354. The van der Waals surface area contributed by atoms with Gasteiger partial charge in [0.15, 0.2) is 11.6 Å². The summed E-state index contributed by atoms with van der Waals surface area (Å²) in [6.45, 7) is 2.92. The molecule has 1 aromatic heterocycles. The molecule has 0 bridgehead atoms. The van der Waals surface area contributed by atoms with E-state index in [2.05, 4.69) is 20.9 Å². The molecule has 1 aliphatic heterocycles. The predicted molar refractivity (Wildman–Crippen MR) is 71.9 cm³/mol. The SMILES string of the molecule is CCNc1nccc(C(=O)NC2CCCNC2=O)c1F. The van der Waals surface area contributed by atoms with Crippen LogP contribution in [0.1, 0.15) is 30.1 Å². The maximum Gasteiger partial charge on any atom is 0.255 e. The van der Waals surface area contributed by atoms with E-state index in [4.69, 9.17) is 0 Å². The van der Waals surface area contributed by atoms with E-state index in [1.807, 2.05) is 0 Å². The van der Waals surface area contributed by atoms with Crippen LogP contribution in [0, 0.1) is 5.82 Å². The average Bonchev–Trinajstić information content (AvgIpc) is 2.44. The maximum absolute atomic E-state index is 14.1. The fraction of sp³-hybridized carbons (Fsp3) is 0.462. The molecule has 0 radical (unpaired) electrons. The van der Waals surface area contributed by atoms with E-state index in [1.165, 1.54) is 12.3 Å². The zero-order chi connectivity index (χ0) is 14.5. The Kier molecular flexibility index (Phi) is 4.49. The van der Waals surface area contributed by atoms with Crippen molar-refractivity contribution in [2.75, 3.05) is 18.4 Å². The number of hydrogen-bond acceptors (Lipinski definition) is 4. The van der Waals surface area contributed by atoms with Crippen LogP contribution in [0.15, 0.2) is 12.3 Å². The quantitative estimate of drug-likeness (QED) is 0.756. The molecule has 0 saturated carbocycles. The largest absolute Gasteiger partial charge is 0.368 e. The summed E-state index contributed by atoms with van der Waals surface area (Å²) in [6, 6.07) is 0.693. The second-order valence-corrected chi connectivity index (χ2v) is 4.51. The highest BCUT2D eigenvalue weighted by Gasteiger charge is 2.25. The topological polar surface area (TPSA) is 83.1 Å². The predicted octanol–water partition coefficient (Wildman–Crippen LogP) is 0.661. The van der Waals surface area contributed by atoms with Gasteiger partial charge in [-0.05, 0) is 25.8 Å². The van der Waals surface area contributed by atoms with Gasteiger partial charge < -0.3 is 16.0 Å². The molecule has 0 aliphatic carbocycles. The molecule has 2 heterocycles. The lowest BCUT2D eigenvalue weighted by molar-refractivity contribution is -0.124. The van der Waals surface area contributed by atoms with Gasteiger partial charge in [0.1, 0.15) is 6.04 Å². The molecule has 2 amide bonds. The Balaban J connectivity index is 2.12. The van der Waals surface area contributed by atoms with Crippen LogP contribution < -0.4 is 16.0 Å². The van der Waals surface area contributed by atoms with Crippen molar-refractivity contribution >= 4 is 17.6 Å². The minimum atomic E-state index is -0.705. The number of nitrogens with one attached hydrogen (secondary N) is 3. The Morgan fingerprint density at radius 3 is 3.10 bits per heavy atom. The first-order chi connectivity index (χ1) is 9.63. The normalized spacial score (nSPS) is 18.3. The van der Waals surface area contributed by atoms with Crippen LogP contribution in [-0.4, -0.2) is 35.9 Å². The van der Waals surface area contributed by atoms with Crippen molar-refractivity contribution in [1.82, 2.24) is 15.6 Å². The van der Waals surface area contributed by atoms with Crippen molar-refractivity contribution < 1.29 is 14.0 Å². The van der Waals surface area contributed by atoms with E-state index in [-0.39, 0.29) is 17.3 Å². The van der Waals surface area contributed by atoms with Crippen molar-refractivity contribution in [3.8, 4) is 0 Å². The molecule has 108 valence electrons. The number of aromatic nitrogens is 1. The van der Waals surface area contributed by atoms with E-state index < -0.39 is 17.8 Å².